The average molecular weight is 380 g/mol. The fourth-order valence-electron chi connectivity index (χ4n) is 3.71. The maximum absolute atomic E-state index is 9.39. The maximum Gasteiger partial charge on any atom is 0.0991 e. The van der Waals surface area contributed by atoms with Crippen LogP contribution in [0, 0.1) is 11.3 Å². The van der Waals surface area contributed by atoms with E-state index in [4.69, 9.17) is 0 Å². The zero-order valence-corrected chi connectivity index (χ0v) is 16.8. The third kappa shape index (κ3) is 4.06. The van der Waals surface area contributed by atoms with Crippen LogP contribution in [0.25, 0.3) is 33.2 Å². The minimum Gasteiger partial charge on any atom is -0.347 e. The minimum atomic E-state index is 0.678. The van der Waals surface area contributed by atoms with E-state index in [1.165, 1.54) is 0 Å². The van der Waals surface area contributed by atoms with Crippen molar-refractivity contribution in [1.82, 2.24) is 14.5 Å². The molecule has 4 aromatic rings. The molecule has 0 N–H and O–H groups in total. The van der Waals surface area contributed by atoms with Crippen molar-refractivity contribution >= 4 is 10.9 Å². The number of aromatic nitrogens is 2. The summed E-state index contributed by atoms with van der Waals surface area (Å²) in [4.78, 5) is 6.70. The molecule has 2 aromatic carbocycles. The van der Waals surface area contributed by atoms with Crippen molar-refractivity contribution in [2.24, 2.45) is 0 Å². The topological polar surface area (TPSA) is 44.9 Å². The van der Waals surface area contributed by atoms with Crippen LogP contribution < -0.4 is 0 Å². The first-order chi connectivity index (χ1) is 14.2. The maximum atomic E-state index is 9.39. The summed E-state index contributed by atoms with van der Waals surface area (Å²) in [5.74, 6) is 0. The molecule has 0 aliphatic heterocycles. The smallest absolute Gasteiger partial charge is 0.0991 e. The Morgan fingerprint density at radius 1 is 0.966 bits per heavy atom. The normalized spacial score (nSPS) is 11.1. The molecule has 0 aliphatic rings. The first-order valence-corrected chi connectivity index (χ1v) is 9.84. The van der Waals surface area contributed by atoms with E-state index in [-0.39, 0.29) is 0 Å². The first kappa shape index (κ1) is 18.9. The zero-order chi connectivity index (χ0) is 20.2. The summed E-state index contributed by atoms with van der Waals surface area (Å²) >= 11 is 0. The number of pyridine rings is 1. The predicted molar refractivity (Wildman–Crippen MR) is 118 cm³/mol. The van der Waals surface area contributed by atoms with Crippen molar-refractivity contribution < 1.29 is 0 Å². The number of fused-ring (bicyclic) bond motifs is 1. The van der Waals surface area contributed by atoms with Gasteiger partial charge in [0, 0.05) is 52.7 Å². The lowest BCUT2D eigenvalue weighted by Crippen LogP contribution is -2.14. The van der Waals surface area contributed by atoms with E-state index >= 15 is 0 Å². The molecule has 0 radical (unpaired) electrons. The summed E-state index contributed by atoms with van der Waals surface area (Å²) in [6, 6.07) is 20.7. The lowest BCUT2D eigenvalue weighted by Gasteiger charge is -2.10. The third-order valence-electron chi connectivity index (χ3n) is 5.17. The highest BCUT2D eigenvalue weighted by molar-refractivity contribution is 5.97. The molecule has 2 heterocycles. The van der Waals surface area contributed by atoms with Crippen molar-refractivity contribution in [3.63, 3.8) is 0 Å². The molecule has 144 valence electrons. The van der Waals surface area contributed by atoms with Gasteiger partial charge in [0.25, 0.3) is 0 Å². The Kier molecular flexibility index (Phi) is 5.41. The second kappa shape index (κ2) is 8.30. The molecule has 0 amide bonds. The molecule has 0 saturated carbocycles. The molecule has 0 fully saturated rings. The van der Waals surface area contributed by atoms with Gasteiger partial charge in [0.1, 0.15) is 0 Å². The number of nitriles is 1. The highest BCUT2D eigenvalue weighted by atomic mass is 15.1. The fourth-order valence-corrected chi connectivity index (χ4v) is 3.71. The zero-order valence-electron chi connectivity index (χ0n) is 16.8. The van der Waals surface area contributed by atoms with Crippen molar-refractivity contribution in [3.8, 4) is 28.3 Å². The van der Waals surface area contributed by atoms with Crippen LogP contribution in [0.4, 0.5) is 0 Å². The molecule has 0 spiro atoms. The second-order valence-electron chi connectivity index (χ2n) is 7.57. The summed E-state index contributed by atoms with van der Waals surface area (Å²) in [7, 11) is 4.19. The molecule has 4 nitrogen and oxygen atoms in total. The fraction of sp³-hybridized carbons (Fsp3) is 0.200. The molecule has 29 heavy (non-hydrogen) atoms. The van der Waals surface area contributed by atoms with E-state index in [0.29, 0.717) is 5.56 Å². The molecule has 4 rings (SSSR count). The molecule has 0 aliphatic carbocycles. The van der Waals surface area contributed by atoms with E-state index < -0.39 is 0 Å². The van der Waals surface area contributed by atoms with Gasteiger partial charge in [-0.25, -0.2) is 0 Å². The van der Waals surface area contributed by atoms with Crippen LogP contribution in [-0.2, 0) is 6.54 Å². The van der Waals surface area contributed by atoms with Gasteiger partial charge >= 0.3 is 0 Å². The predicted octanol–water partition coefficient (Wildman–Crippen LogP) is 5.19. The second-order valence-corrected chi connectivity index (χ2v) is 7.57. The van der Waals surface area contributed by atoms with Crippen LogP contribution in [0.2, 0.25) is 0 Å². The molecule has 0 unspecified atom stereocenters. The van der Waals surface area contributed by atoms with Crippen molar-refractivity contribution in [1.29, 1.82) is 5.26 Å². The van der Waals surface area contributed by atoms with Crippen LogP contribution in [0.3, 0.4) is 0 Å². The first-order valence-electron chi connectivity index (χ1n) is 9.84. The van der Waals surface area contributed by atoms with Gasteiger partial charge < -0.3 is 9.47 Å². The van der Waals surface area contributed by atoms with E-state index in [9.17, 15) is 5.26 Å². The van der Waals surface area contributed by atoms with Gasteiger partial charge in [-0.05, 0) is 56.9 Å². The van der Waals surface area contributed by atoms with E-state index in [1.807, 2.05) is 42.7 Å². The Balaban J connectivity index is 1.80. The third-order valence-corrected chi connectivity index (χ3v) is 5.17. The molecule has 0 bridgehead atoms. The largest absolute Gasteiger partial charge is 0.347 e. The summed E-state index contributed by atoms with van der Waals surface area (Å²) in [6.45, 7) is 1.97. The van der Waals surface area contributed by atoms with E-state index in [2.05, 4.69) is 65.1 Å². The molecule has 4 heteroatoms. The monoisotopic (exact) mass is 380 g/mol. The van der Waals surface area contributed by atoms with Gasteiger partial charge in [0.2, 0.25) is 0 Å². The van der Waals surface area contributed by atoms with Crippen LogP contribution in [0.1, 0.15) is 12.0 Å². The van der Waals surface area contributed by atoms with Crippen molar-refractivity contribution in [2.75, 3.05) is 20.6 Å². The summed E-state index contributed by atoms with van der Waals surface area (Å²) in [6.07, 6.45) is 7.08. The van der Waals surface area contributed by atoms with E-state index in [1.54, 1.807) is 0 Å². The Bertz CT molecular complexity index is 1170. The van der Waals surface area contributed by atoms with Gasteiger partial charge in [-0.2, -0.15) is 5.26 Å². The molecule has 0 atom stereocenters. The Labute approximate surface area is 171 Å². The molecular weight excluding hydrogens is 356 g/mol. The molecule has 0 saturated heterocycles. The quantitative estimate of drug-likeness (QED) is 0.462. The standard InChI is InChI=1S/C25H24N4/c1-28(2)11-6-12-29-18-24(23-13-19(15-26)9-10-25(23)29)22-14-21(16-27-17-22)20-7-4-3-5-8-20/h3-5,7-10,13-14,16-18H,6,11-12H2,1-2H3. The number of hydrogen-bond acceptors (Lipinski definition) is 3. The van der Waals surface area contributed by atoms with Gasteiger partial charge in [0.15, 0.2) is 0 Å². The highest BCUT2D eigenvalue weighted by Gasteiger charge is 2.12. The molecule has 2 aromatic heterocycles. The van der Waals surface area contributed by atoms with E-state index in [0.717, 1.165) is 52.7 Å². The summed E-state index contributed by atoms with van der Waals surface area (Å²) < 4.78 is 2.30. The van der Waals surface area contributed by atoms with Gasteiger partial charge in [-0.15, -0.1) is 0 Å². The number of aryl methyl sites for hydroxylation is 1. The lowest BCUT2D eigenvalue weighted by atomic mass is 10.0. The van der Waals surface area contributed by atoms with Crippen LogP contribution in [0.15, 0.2) is 73.2 Å². The number of benzene rings is 2. The Hall–Kier alpha value is -3.42. The number of rotatable bonds is 6. The van der Waals surface area contributed by atoms with Crippen molar-refractivity contribution in [3.05, 3.63) is 78.8 Å². The Morgan fingerprint density at radius 3 is 2.52 bits per heavy atom. The van der Waals surface area contributed by atoms with Crippen molar-refractivity contribution in [2.45, 2.75) is 13.0 Å². The van der Waals surface area contributed by atoms with Crippen LogP contribution >= 0.6 is 0 Å². The summed E-state index contributed by atoms with van der Waals surface area (Å²) in [5, 5.41) is 10.5. The molecular formula is C25H24N4. The lowest BCUT2D eigenvalue weighted by molar-refractivity contribution is 0.388. The minimum absolute atomic E-state index is 0.678. The number of hydrogen-bond donors (Lipinski definition) is 0. The SMILES string of the molecule is CN(C)CCCn1cc(-c2cncc(-c3ccccc3)c2)c2cc(C#N)ccc21. The van der Waals surface area contributed by atoms with Gasteiger partial charge in [-0.1, -0.05) is 30.3 Å². The Morgan fingerprint density at radius 2 is 1.76 bits per heavy atom. The van der Waals surface area contributed by atoms with Gasteiger partial charge in [-0.3, -0.25) is 4.98 Å². The summed E-state index contributed by atoms with van der Waals surface area (Å²) in [5.41, 5.74) is 6.26. The van der Waals surface area contributed by atoms with Gasteiger partial charge in [0.05, 0.1) is 11.6 Å². The van der Waals surface area contributed by atoms with Crippen LogP contribution in [0.5, 0.6) is 0 Å². The van der Waals surface area contributed by atoms with Crippen LogP contribution in [-0.4, -0.2) is 35.1 Å². The highest BCUT2D eigenvalue weighted by Crippen LogP contribution is 2.33. The number of nitrogens with zero attached hydrogens (tertiary/aromatic N) is 4. The average Bonchev–Trinajstić information content (AvgIpc) is 3.12.